The maximum atomic E-state index is 8.26. The molecule has 0 rings (SSSR count). The van der Waals surface area contributed by atoms with Crippen molar-refractivity contribution in [2.24, 2.45) is 0 Å². The predicted octanol–water partition coefficient (Wildman–Crippen LogP) is 2.98. The smallest absolute Gasteiger partial charge is 0.0663 e. The minimum atomic E-state index is 0.508. The third kappa shape index (κ3) is 6.60. The van der Waals surface area contributed by atoms with Crippen molar-refractivity contribution in [2.45, 2.75) is 19.8 Å². The lowest BCUT2D eigenvalue weighted by molar-refractivity contribution is 1.17. The van der Waals surface area contributed by atoms with Gasteiger partial charge in [0.25, 0.3) is 0 Å². The highest BCUT2D eigenvalue weighted by Crippen LogP contribution is 2.01. The standard InChI is InChI=1S/C10H13N/c1-3-4-5-7-10(2)8-6-9-11/h3-5,8H,1,6-7H2,2H3/b5-4-,10-8-. The van der Waals surface area contributed by atoms with Crippen molar-refractivity contribution >= 4 is 0 Å². The molecule has 11 heavy (non-hydrogen) atoms. The van der Waals surface area contributed by atoms with Crippen LogP contribution in [0.3, 0.4) is 0 Å². The van der Waals surface area contributed by atoms with E-state index in [0.717, 1.165) is 6.42 Å². The van der Waals surface area contributed by atoms with Crippen LogP contribution in [0.5, 0.6) is 0 Å². The van der Waals surface area contributed by atoms with Crippen LogP contribution in [0.1, 0.15) is 19.8 Å². The molecule has 0 aliphatic heterocycles. The summed E-state index contributed by atoms with van der Waals surface area (Å²) < 4.78 is 0. The molecule has 0 saturated heterocycles. The fraction of sp³-hybridized carbons (Fsp3) is 0.300. The second kappa shape index (κ2) is 6.82. The number of hydrogen-bond acceptors (Lipinski definition) is 1. The van der Waals surface area contributed by atoms with E-state index in [1.807, 2.05) is 25.2 Å². The van der Waals surface area contributed by atoms with Crippen molar-refractivity contribution in [3.63, 3.8) is 0 Å². The first kappa shape index (κ1) is 9.71. The molecule has 0 amide bonds. The van der Waals surface area contributed by atoms with Gasteiger partial charge in [-0.15, -0.1) is 0 Å². The summed E-state index contributed by atoms with van der Waals surface area (Å²) in [6.07, 6.45) is 9.03. The average Bonchev–Trinajstić information content (AvgIpc) is 2.01. The van der Waals surface area contributed by atoms with Crippen LogP contribution in [0.15, 0.2) is 36.5 Å². The van der Waals surface area contributed by atoms with E-state index in [1.54, 1.807) is 6.08 Å². The second-order valence-corrected chi connectivity index (χ2v) is 2.28. The molecule has 0 aromatic carbocycles. The summed E-state index contributed by atoms with van der Waals surface area (Å²) in [5.41, 5.74) is 1.23. The molecule has 0 radical (unpaired) electrons. The summed E-state index contributed by atoms with van der Waals surface area (Å²) >= 11 is 0. The van der Waals surface area contributed by atoms with Gasteiger partial charge in [0.1, 0.15) is 0 Å². The molecule has 0 aromatic heterocycles. The highest BCUT2D eigenvalue weighted by Gasteiger charge is 1.82. The molecule has 0 saturated carbocycles. The molecule has 58 valence electrons. The zero-order valence-corrected chi connectivity index (χ0v) is 6.88. The number of nitrogens with zero attached hydrogens (tertiary/aromatic N) is 1. The lowest BCUT2D eigenvalue weighted by Gasteiger charge is -1.90. The van der Waals surface area contributed by atoms with Gasteiger partial charge in [-0.2, -0.15) is 5.26 Å². The normalized spacial score (nSPS) is 11.5. The molecule has 0 N–H and O–H groups in total. The van der Waals surface area contributed by atoms with Gasteiger partial charge in [0.2, 0.25) is 0 Å². The molecule has 0 fully saturated rings. The van der Waals surface area contributed by atoms with Crippen molar-refractivity contribution in [1.82, 2.24) is 0 Å². The SMILES string of the molecule is C=C/C=C\C/C(C)=C\CC#N. The average molecular weight is 147 g/mol. The lowest BCUT2D eigenvalue weighted by Crippen LogP contribution is -1.71. The zero-order chi connectivity index (χ0) is 8.53. The molecule has 0 aliphatic rings. The molecule has 0 bridgehead atoms. The summed E-state index contributed by atoms with van der Waals surface area (Å²) in [5, 5.41) is 8.26. The van der Waals surface area contributed by atoms with Gasteiger partial charge in [0.15, 0.2) is 0 Å². The minimum Gasteiger partial charge on any atom is -0.198 e. The van der Waals surface area contributed by atoms with Gasteiger partial charge < -0.3 is 0 Å². The summed E-state index contributed by atoms with van der Waals surface area (Å²) in [7, 11) is 0. The molecule has 0 unspecified atom stereocenters. The largest absolute Gasteiger partial charge is 0.198 e. The molecule has 0 aromatic rings. The van der Waals surface area contributed by atoms with Gasteiger partial charge in [0, 0.05) is 0 Å². The molecule has 1 heteroatoms. The van der Waals surface area contributed by atoms with Gasteiger partial charge >= 0.3 is 0 Å². The minimum absolute atomic E-state index is 0.508. The molecule has 1 nitrogen and oxygen atoms in total. The summed E-state index contributed by atoms with van der Waals surface area (Å²) in [5.74, 6) is 0. The van der Waals surface area contributed by atoms with Crippen LogP contribution in [0.25, 0.3) is 0 Å². The first-order valence-electron chi connectivity index (χ1n) is 3.61. The highest BCUT2D eigenvalue weighted by atomic mass is 14.2. The summed E-state index contributed by atoms with van der Waals surface area (Å²) in [6.45, 7) is 5.58. The number of hydrogen-bond donors (Lipinski definition) is 0. The molecule has 0 spiro atoms. The Bertz CT molecular complexity index is 203. The van der Waals surface area contributed by atoms with Gasteiger partial charge in [-0.3, -0.25) is 0 Å². The van der Waals surface area contributed by atoms with Crippen LogP contribution in [0.2, 0.25) is 0 Å². The van der Waals surface area contributed by atoms with Gasteiger partial charge in [-0.1, -0.05) is 36.5 Å². The van der Waals surface area contributed by atoms with Crippen molar-refractivity contribution in [1.29, 1.82) is 5.26 Å². The number of nitriles is 1. The fourth-order valence-electron chi connectivity index (χ4n) is 0.653. The monoisotopic (exact) mass is 147 g/mol. The number of allylic oxidation sites excluding steroid dienone is 5. The topological polar surface area (TPSA) is 23.8 Å². The Morgan fingerprint density at radius 2 is 2.36 bits per heavy atom. The second-order valence-electron chi connectivity index (χ2n) is 2.28. The van der Waals surface area contributed by atoms with E-state index in [1.165, 1.54) is 5.57 Å². The van der Waals surface area contributed by atoms with Crippen molar-refractivity contribution < 1.29 is 0 Å². The third-order valence-corrected chi connectivity index (χ3v) is 1.25. The van der Waals surface area contributed by atoms with Crippen LogP contribution in [-0.4, -0.2) is 0 Å². The van der Waals surface area contributed by atoms with Crippen LogP contribution < -0.4 is 0 Å². The summed E-state index contributed by atoms with van der Waals surface area (Å²) in [4.78, 5) is 0. The Labute approximate surface area is 68.3 Å². The third-order valence-electron chi connectivity index (χ3n) is 1.25. The predicted molar refractivity (Wildman–Crippen MR) is 47.9 cm³/mol. The Balaban J connectivity index is 3.69. The molecular weight excluding hydrogens is 134 g/mol. The maximum Gasteiger partial charge on any atom is 0.0663 e. The lowest BCUT2D eigenvalue weighted by atomic mass is 10.2. The van der Waals surface area contributed by atoms with E-state index in [2.05, 4.69) is 12.6 Å². The van der Waals surface area contributed by atoms with Crippen molar-refractivity contribution in [2.75, 3.05) is 0 Å². The zero-order valence-electron chi connectivity index (χ0n) is 6.88. The Morgan fingerprint density at radius 3 is 2.91 bits per heavy atom. The fourth-order valence-corrected chi connectivity index (χ4v) is 0.653. The molecule has 0 atom stereocenters. The van der Waals surface area contributed by atoms with Gasteiger partial charge in [-0.05, 0) is 13.3 Å². The first-order chi connectivity index (χ1) is 5.31. The van der Waals surface area contributed by atoms with E-state index in [0.29, 0.717) is 6.42 Å². The Hall–Kier alpha value is -1.29. The van der Waals surface area contributed by atoms with E-state index < -0.39 is 0 Å². The van der Waals surface area contributed by atoms with Crippen LogP contribution in [0.4, 0.5) is 0 Å². The van der Waals surface area contributed by atoms with E-state index in [4.69, 9.17) is 5.26 Å². The molecular formula is C10H13N. The van der Waals surface area contributed by atoms with Crippen molar-refractivity contribution in [3.05, 3.63) is 36.5 Å². The van der Waals surface area contributed by atoms with Crippen LogP contribution in [0, 0.1) is 11.3 Å². The highest BCUT2D eigenvalue weighted by molar-refractivity contribution is 5.09. The van der Waals surface area contributed by atoms with Gasteiger partial charge in [0.05, 0.1) is 12.5 Å². The first-order valence-corrected chi connectivity index (χ1v) is 3.61. The van der Waals surface area contributed by atoms with E-state index >= 15 is 0 Å². The van der Waals surface area contributed by atoms with Crippen molar-refractivity contribution in [3.8, 4) is 6.07 Å². The van der Waals surface area contributed by atoms with E-state index in [-0.39, 0.29) is 0 Å². The molecule has 0 aliphatic carbocycles. The van der Waals surface area contributed by atoms with Crippen LogP contribution >= 0.6 is 0 Å². The van der Waals surface area contributed by atoms with E-state index in [9.17, 15) is 0 Å². The quantitative estimate of drug-likeness (QED) is 0.443. The van der Waals surface area contributed by atoms with Crippen LogP contribution in [-0.2, 0) is 0 Å². The molecule has 0 heterocycles. The maximum absolute atomic E-state index is 8.26. The summed E-state index contributed by atoms with van der Waals surface area (Å²) in [6, 6.07) is 2.07. The Morgan fingerprint density at radius 1 is 1.64 bits per heavy atom. The number of rotatable bonds is 4. The Kier molecular flexibility index (Phi) is 6.02. The van der Waals surface area contributed by atoms with Gasteiger partial charge in [-0.25, -0.2) is 0 Å².